The number of carbonyl (C=O) groups excluding carboxylic acids is 2. The number of hydrogen-bond donors (Lipinski definition) is 1. The largest absolute Gasteiger partial charge is 0.354 e. The zero-order valence-corrected chi connectivity index (χ0v) is 18.6. The third-order valence-electron chi connectivity index (χ3n) is 5.04. The van der Waals surface area contributed by atoms with Crippen LogP contribution in [0.2, 0.25) is 0 Å². The molecule has 0 radical (unpaired) electrons. The van der Waals surface area contributed by atoms with E-state index in [0.717, 1.165) is 11.1 Å². The van der Waals surface area contributed by atoms with Crippen LogP contribution < -0.4 is 5.32 Å². The van der Waals surface area contributed by atoms with Gasteiger partial charge in [-0.25, -0.2) is 0 Å². The minimum absolute atomic E-state index is 0.0938. The number of nitrogens with one attached hydrogen (secondary N) is 1. The van der Waals surface area contributed by atoms with Gasteiger partial charge in [0.1, 0.15) is 6.04 Å². The van der Waals surface area contributed by atoms with Crippen LogP contribution in [-0.4, -0.2) is 34.2 Å². The van der Waals surface area contributed by atoms with Crippen molar-refractivity contribution in [3.8, 4) is 0 Å². The van der Waals surface area contributed by atoms with E-state index in [1.807, 2.05) is 52.0 Å². The first-order valence-electron chi connectivity index (χ1n) is 10.6. The molecule has 0 aliphatic rings. The van der Waals surface area contributed by atoms with Crippen molar-refractivity contribution in [1.82, 2.24) is 10.2 Å². The quantitative estimate of drug-likeness (QED) is 0.459. The highest BCUT2D eigenvalue weighted by Gasteiger charge is 2.30. The van der Waals surface area contributed by atoms with Gasteiger partial charge in [-0.2, -0.15) is 0 Å². The standard InChI is InChI=1S/C24H31N3O4/c1-5-21(24(29)25-15-17(2)3)26(16-19-10-8-9-18(4)13-19)23(28)14-20-11-6-7-12-22(20)27(30)31/h6-13,17,21H,5,14-16H2,1-4H3,(H,25,29). The summed E-state index contributed by atoms with van der Waals surface area (Å²) in [5, 5.41) is 14.3. The molecule has 1 unspecified atom stereocenters. The lowest BCUT2D eigenvalue weighted by molar-refractivity contribution is -0.385. The Morgan fingerprint density at radius 1 is 1.13 bits per heavy atom. The fourth-order valence-electron chi connectivity index (χ4n) is 3.45. The molecule has 0 fully saturated rings. The predicted molar refractivity (Wildman–Crippen MR) is 120 cm³/mol. The third-order valence-corrected chi connectivity index (χ3v) is 5.04. The van der Waals surface area contributed by atoms with Crippen molar-refractivity contribution in [2.75, 3.05) is 6.54 Å². The average Bonchev–Trinajstić information content (AvgIpc) is 2.72. The molecule has 0 heterocycles. The van der Waals surface area contributed by atoms with Gasteiger partial charge in [0.2, 0.25) is 11.8 Å². The van der Waals surface area contributed by atoms with Crippen LogP contribution in [0.4, 0.5) is 5.69 Å². The molecule has 31 heavy (non-hydrogen) atoms. The fraction of sp³-hybridized carbons (Fsp3) is 0.417. The Labute approximate surface area is 183 Å². The number of para-hydroxylation sites is 1. The second-order valence-electron chi connectivity index (χ2n) is 8.14. The van der Waals surface area contributed by atoms with Crippen molar-refractivity contribution in [3.05, 3.63) is 75.3 Å². The number of carbonyl (C=O) groups is 2. The summed E-state index contributed by atoms with van der Waals surface area (Å²) in [7, 11) is 0. The van der Waals surface area contributed by atoms with Gasteiger partial charge in [-0.05, 0) is 24.8 Å². The number of nitrogens with zero attached hydrogens (tertiary/aromatic N) is 2. The molecule has 1 atom stereocenters. The van der Waals surface area contributed by atoms with Crippen LogP contribution in [0.15, 0.2) is 48.5 Å². The van der Waals surface area contributed by atoms with Gasteiger partial charge in [0.25, 0.3) is 5.69 Å². The Morgan fingerprint density at radius 3 is 2.45 bits per heavy atom. The van der Waals surface area contributed by atoms with Crippen molar-refractivity contribution in [1.29, 1.82) is 0 Å². The molecule has 166 valence electrons. The molecule has 2 rings (SSSR count). The highest BCUT2D eigenvalue weighted by atomic mass is 16.6. The molecule has 2 aromatic rings. The number of nitro benzene ring substituents is 1. The fourth-order valence-corrected chi connectivity index (χ4v) is 3.45. The Balaban J connectivity index is 2.34. The molecule has 0 saturated heterocycles. The minimum atomic E-state index is -0.658. The highest BCUT2D eigenvalue weighted by molar-refractivity contribution is 5.88. The first kappa shape index (κ1) is 24.1. The lowest BCUT2D eigenvalue weighted by atomic mass is 10.0. The molecule has 0 aromatic heterocycles. The lowest BCUT2D eigenvalue weighted by Gasteiger charge is -2.31. The van der Waals surface area contributed by atoms with E-state index in [-0.39, 0.29) is 36.4 Å². The van der Waals surface area contributed by atoms with Crippen LogP contribution in [0.1, 0.15) is 43.9 Å². The van der Waals surface area contributed by atoms with Crippen LogP contribution in [0.25, 0.3) is 0 Å². The SMILES string of the molecule is CCC(C(=O)NCC(C)C)N(Cc1cccc(C)c1)C(=O)Cc1ccccc1[N+](=O)[O-]. The monoisotopic (exact) mass is 425 g/mol. The van der Waals surface area contributed by atoms with E-state index in [2.05, 4.69) is 5.32 Å². The van der Waals surface area contributed by atoms with E-state index in [9.17, 15) is 19.7 Å². The van der Waals surface area contributed by atoms with Gasteiger partial charge in [-0.3, -0.25) is 19.7 Å². The van der Waals surface area contributed by atoms with Crippen molar-refractivity contribution in [3.63, 3.8) is 0 Å². The molecular formula is C24H31N3O4. The topological polar surface area (TPSA) is 92.6 Å². The second-order valence-corrected chi connectivity index (χ2v) is 8.14. The molecule has 2 amide bonds. The van der Waals surface area contributed by atoms with Crippen LogP contribution in [0, 0.1) is 23.0 Å². The normalized spacial score (nSPS) is 11.8. The molecule has 0 saturated carbocycles. The van der Waals surface area contributed by atoms with Crippen LogP contribution in [0.5, 0.6) is 0 Å². The maximum Gasteiger partial charge on any atom is 0.273 e. The smallest absolute Gasteiger partial charge is 0.273 e. The summed E-state index contributed by atoms with van der Waals surface area (Å²) in [6, 6.07) is 13.3. The van der Waals surface area contributed by atoms with Gasteiger partial charge in [-0.1, -0.05) is 68.8 Å². The molecule has 0 bridgehead atoms. The van der Waals surface area contributed by atoms with Gasteiger partial charge in [-0.15, -0.1) is 0 Å². The number of rotatable bonds is 10. The lowest BCUT2D eigenvalue weighted by Crippen LogP contribution is -2.50. The summed E-state index contributed by atoms with van der Waals surface area (Å²) in [5.74, 6) is -0.239. The molecular weight excluding hydrogens is 394 g/mol. The Hall–Kier alpha value is -3.22. The maximum atomic E-state index is 13.3. The van der Waals surface area contributed by atoms with Crippen molar-refractivity contribution in [2.45, 2.75) is 53.1 Å². The summed E-state index contributed by atoms with van der Waals surface area (Å²) < 4.78 is 0. The molecule has 1 N–H and O–H groups in total. The van der Waals surface area contributed by atoms with E-state index in [4.69, 9.17) is 0 Å². The molecule has 2 aromatic carbocycles. The number of hydrogen-bond acceptors (Lipinski definition) is 4. The van der Waals surface area contributed by atoms with Crippen molar-refractivity contribution in [2.24, 2.45) is 5.92 Å². The van der Waals surface area contributed by atoms with E-state index < -0.39 is 11.0 Å². The van der Waals surface area contributed by atoms with E-state index in [1.54, 1.807) is 23.1 Å². The van der Waals surface area contributed by atoms with Gasteiger partial charge in [0.15, 0.2) is 0 Å². The molecule has 0 aliphatic carbocycles. The minimum Gasteiger partial charge on any atom is -0.354 e. The molecule has 7 nitrogen and oxygen atoms in total. The van der Waals surface area contributed by atoms with Crippen molar-refractivity contribution < 1.29 is 14.5 Å². The van der Waals surface area contributed by atoms with Gasteiger partial charge >= 0.3 is 0 Å². The Bertz CT molecular complexity index is 927. The Kier molecular flexibility index (Phi) is 8.73. The maximum absolute atomic E-state index is 13.3. The number of benzene rings is 2. The van der Waals surface area contributed by atoms with E-state index in [0.29, 0.717) is 18.5 Å². The van der Waals surface area contributed by atoms with Crippen LogP contribution >= 0.6 is 0 Å². The second kappa shape index (κ2) is 11.2. The first-order chi connectivity index (χ1) is 14.7. The summed E-state index contributed by atoms with van der Waals surface area (Å²) in [6.45, 7) is 8.62. The molecule has 7 heteroatoms. The van der Waals surface area contributed by atoms with Gasteiger partial charge in [0.05, 0.1) is 11.3 Å². The summed E-state index contributed by atoms with van der Waals surface area (Å²) >= 11 is 0. The van der Waals surface area contributed by atoms with Crippen molar-refractivity contribution >= 4 is 17.5 Å². The first-order valence-corrected chi connectivity index (χ1v) is 10.6. The van der Waals surface area contributed by atoms with E-state index >= 15 is 0 Å². The van der Waals surface area contributed by atoms with Gasteiger partial charge < -0.3 is 10.2 Å². The summed E-state index contributed by atoms with van der Waals surface area (Å²) in [6.07, 6.45) is 0.301. The summed E-state index contributed by atoms with van der Waals surface area (Å²) in [5.41, 5.74) is 2.21. The van der Waals surface area contributed by atoms with Crippen LogP contribution in [0.3, 0.4) is 0 Å². The predicted octanol–water partition coefficient (Wildman–Crippen LogP) is 4.03. The number of amides is 2. The Morgan fingerprint density at radius 2 is 1.84 bits per heavy atom. The molecule has 0 spiro atoms. The third kappa shape index (κ3) is 6.91. The zero-order chi connectivity index (χ0) is 23.0. The number of nitro groups is 1. The zero-order valence-electron chi connectivity index (χ0n) is 18.6. The molecule has 0 aliphatic heterocycles. The summed E-state index contributed by atoms with van der Waals surface area (Å²) in [4.78, 5) is 38.7. The average molecular weight is 426 g/mol. The highest BCUT2D eigenvalue weighted by Crippen LogP contribution is 2.21. The van der Waals surface area contributed by atoms with Gasteiger partial charge in [0, 0.05) is 24.7 Å². The number of aryl methyl sites for hydroxylation is 1. The van der Waals surface area contributed by atoms with E-state index in [1.165, 1.54) is 6.07 Å². The van der Waals surface area contributed by atoms with Crippen LogP contribution in [-0.2, 0) is 22.6 Å².